The van der Waals surface area contributed by atoms with E-state index in [0.29, 0.717) is 10.5 Å². The number of hydrogen-bond donors (Lipinski definition) is 0. The van der Waals surface area contributed by atoms with Crippen molar-refractivity contribution in [1.82, 2.24) is 4.90 Å². The van der Waals surface area contributed by atoms with Crippen molar-refractivity contribution in [3.05, 3.63) is 12.2 Å². The number of alkyl halides is 4. The minimum absolute atomic E-state index is 0.0615. The molecule has 0 spiro atoms. The molecule has 0 aliphatic carbocycles. The lowest BCUT2D eigenvalue weighted by atomic mass is 10.2. The quantitative estimate of drug-likeness (QED) is 0.521. The highest BCUT2D eigenvalue weighted by molar-refractivity contribution is 5.84. The summed E-state index contributed by atoms with van der Waals surface area (Å²) in [6.07, 6.45) is -3.98. The first-order valence-corrected chi connectivity index (χ1v) is 4.33. The Balaban J connectivity index is 4.72. The van der Waals surface area contributed by atoms with Gasteiger partial charge < -0.3 is 4.90 Å². The maximum atomic E-state index is 12.7. The van der Waals surface area contributed by atoms with Crippen molar-refractivity contribution < 1.29 is 22.4 Å². The van der Waals surface area contributed by atoms with Crippen molar-refractivity contribution in [3.63, 3.8) is 0 Å². The van der Waals surface area contributed by atoms with Crippen LogP contribution in [0.4, 0.5) is 17.6 Å². The number of halogens is 4. The van der Waals surface area contributed by atoms with Crippen molar-refractivity contribution >= 4 is 5.91 Å². The Kier molecular flexibility index (Phi) is 4.77. The molecule has 0 aromatic rings. The molecule has 0 radical (unpaired) electrons. The molecule has 0 N–H and O–H groups in total. The summed E-state index contributed by atoms with van der Waals surface area (Å²) in [4.78, 5) is 11.7. The molecule has 0 aromatic carbocycles. The standard InChI is InChI=1S/C9H13F4NO/c1-4-14(5-6(2)3)8(15)9(12,13)7(10)11/h7H,2,4-5H2,1,3H3. The Morgan fingerprint density at radius 2 is 1.93 bits per heavy atom. The van der Waals surface area contributed by atoms with E-state index in [9.17, 15) is 22.4 Å². The highest BCUT2D eigenvalue weighted by Crippen LogP contribution is 2.25. The maximum Gasteiger partial charge on any atom is 0.383 e. The molecule has 88 valence electrons. The third-order valence-corrected chi connectivity index (χ3v) is 1.69. The van der Waals surface area contributed by atoms with Crippen LogP contribution in [0.25, 0.3) is 0 Å². The van der Waals surface area contributed by atoms with Crippen LogP contribution >= 0.6 is 0 Å². The molecule has 0 saturated heterocycles. The van der Waals surface area contributed by atoms with E-state index >= 15 is 0 Å². The fourth-order valence-corrected chi connectivity index (χ4v) is 0.957. The van der Waals surface area contributed by atoms with Crippen LogP contribution in [0.1, 0.15) is 13.8 Å². The van der Waals surface area contributed by atoms with Gasteiger partial charge in [0.25, 0.3) is 5.91 Å². The van der Waals surface area contributed by atoms with E-state index in [2.05, 4.69) is 6.58 Å². The van der Waals surface area contributed by atoms with E-state index in [1.54, 1.807) is 0 Å². The van der Waals surface area contributed by atoms with Gasteiger partial charge in [-0.2, -0.15) is 8.78 Å². The van der Waals surface area contributed by atoms with Crippen LogP contribution in [0.5, 0.6) is 0 Å². The molecule has 0 saturated carbocycles. The molecule has 0 aliphatic rings. The van der Waals surface area contributed by atoms with Gasteiger partial charge >= 0.3 is 12.3 Å². The number of carbonyl (C=O) groups excluding carboxylic acids is 1. The molecule has 0 aliphatic heterocycles. The zero-order valence-electron chi connectivity index (χ0n) is 8.57. The van der Waals surface area contributed by atoms with Gasteiger partial charge in [-0.1, -0.05) is 12.2 Å². The third-order valence-electron chi connectivity index (χ3n) is 1.69. The second-order valence-electron chi connectivity index (χ2n) is 3.20. The van der Waals surface area contributed by atoms with Crippen LogP contribution in [0.2, 0.25) is 0 Å². The number of carbonyl (C=O) groups is 1. The van der Waals surface area contributed by atoms with Crippen LogP contribution in [0, 0.1) is 0 Å². The first-order valence-electron chi connectivity index (χ1n) is 4.33. The van der Waals surface area contributed by atoms with E-state index in [1.165, 1.54) is 13.8 Å². The van der Waals surface area contributed by atoms with Gasteiger partial charge in [0.1, 0.15) is 0 Å². The maximum absolute atomic E-state index is 12.7. The number of nitrogens with zero attached hydrogens (tertiary/aromatic N) is 1. The molecule has 0 unspecified atom stereocenters. The Morgan fingerprint density at radius 1 is 1.47 bits per heavy atom. The molecule has 0 bridgehead atoms. The lowest BCUT2D eigenvalue weighted by Gasteiger charge is -2.25. The second-order valence-corrected chi connectivity index (χ2v) is 3.20. The van der Waals surface area contributed by atoms with Gasteiger partial charge in [0, 0.05) is 13.1 Å². The average molecular weight is 227 g/mol. The van der Waals surface area contributed by atoms with Crippen LogP contribution in [0.15, 0.2) is 12.2 Å². The Bertz CT molecular complexity index is 252. The molecular formula is C9H13F4NO. The van der Waals surface area contributed by atoms with Crippen molar-refractivity contribution in [2.24, 2.45) is 0 Å². The van der Waals surface area contributed by atoms with Gasteiger partial charge in [-0.25, -0.2) is 8.78 Å². The average Bonchev–Trinajstić information content (AvgIpc) is 2.12. The fourth-order valence-electron chi connectivity index (χ4n) is 0.957. The summed E-state index contributed by atoms with van der Waals surface area (Å²) in [6.45, 7) is 6.18. The molecule has 1 amide bonds. The lowest BCUT2D eigenvalue weighted by Crippen LogP contribution is -2.48. The molecule has 0 atom stereocenters. The van der Waals surface area contributed by atoms with Crippen molar-refractivity contribution in [2.75, 3.05) is 13.1 Å². The second kappa shape index (κ2) is 5.14. The molecule has 0 rings (SSSR count). The van der Waals surface area contributed by atoms with Crippen molar-refractivity contribution in [3.8, 4) is 0 Å². The Hall–Kier alpha value is -1.07. The predicted molar refractivity (Wildman–Crippen MR) is 48.0 cm³/mol. The normalized spacial score (nSPS) is 11.7. The zero-order valence-corrected chi connectivity index (χ0v) is 8.57. The SMILES string of the molecule is C=C(C)CN(CC)C(=O)C(F)(F)C(F)F. The van der Waals surface area contributed by atoms with Gasteiger partial charge in [-0.15, -0.1) is 0 Å². The van der Waals surface area contributed by atoms with Gasteiger partial charge in [0.2, 0.25) is 0 Å². The Morgan fingerprint density at radius 3 is 2.20 bits per heavy atom. The topological polar surface area (TPSA) is 20.3 Å². The summed E-state index contributed by atoms with van der Waals surface area (Å²) < 4.78 is 49.1. The number of likely N-dealkylation sites (N-methyl/N-ethyl adjacent to an activating group) is 1. The first-order chi connectivity index (χ1) is 6.73. The van der Waals surface area contributed by atoms with Crippen LogP contribution in [-0.4, -0.2) is 36.2 Å². The van der Waals surface area contributed by atoms with Crippen LogP contribution in [0.3, 0.4) is 0 Å². The summed E-state index contributed by atoms with van der Waals surface area (Å²) in [6, 6.07) is 0. The predicted octanol–water partition coefficient (Wildman–Crippen LogP) is 2.31. The molecule has 15 heavy (non-hydrogen) atoms. The highest BCUT2D eigenvalue weighted by Gasteiger charge is 2.50. The monoisotopic (exact) mass is 227 g/mol. The van der Waals surface area contributed by atoms with Gasteiger partial charge in [-0.3, -0.25) is 4.79 Å². The Labute approximate surface area is 85.6 Å². The molecule has 0 fully saturated rings. The third kappa shape index (κ3) is 3.53. The minimum atomic E-state index is -4.62. The van der Waals surface area contributed by atoms with Gasteiger partial charge in [-0.05, 0) is 13.8 Å². The smallest absolute Gasteiger partial charge is 0.334 e. The molecule has 6 heteroatoms. The summed E-state index contributed by atoms with van der Waals surface area (Å²) in [7, 11) is 0. The first kappa shape index (κ1) is 13.9. The molecule has 0 aromatic heterocycles. The summed E-state index contributed by atoms with van der Waals surface area (Å²) in [5.41, 5.74) is 0.454. The van der Waals surface area contributed by atoms with Crippen LogP contribution in [-0.2, 0) is 4.79 Å². The van der Waals surface area contributed by atoms with Crippen LogP contribution < -0.4 is 0 Å². The lowest BCUT2D eigenvalue weighted by molar-refractivity contribution is -0.180. The number of amides is 1. The molecule has 0 heterocycles. The largest absolute Gasteiger partial charge is 0.383 e. The summed E-state index contributed by atoms with van der Waals surface area (Å²) in [5, 5.41) is 0. The van der Waals surface area contributed by atoms with E-state index in [0.717, 1.165) is 0 Å². The molecular weight excluding hydrogens is 214 g/mol. The summed E-state index contributed by atoms with van der Waals surface area (Å²) >= 11 is 0. The zero-order chi connectivity index (χ0) is 12.2. The van der Waals surface area contributed by atoms with Gasteiger partial charge in [0.15, 0.2) is 0 Å². The molecule has 2 nitrogen and oxygen atoms in total. The van der Waals surface area contributed by atoms with E-state index in [1.807, 2.05) is 0 Å². The van der Waals surface area contributed by atoms with E-state index in [4.69, 9.17) is 0 Å². The van der Waals surface area contributed by atoms with E-state index in [-0.39, 0.29) is 13.1 Å². The fraction of sp³-hybridized carbons (Fsp3) is 0.667. The highest BCUT2D eigenvalue weighted by atomic mass is 19.3. The number of hydrogen-bond acceptors (Lipinski definition) is 1. The minimum Gasteiger partial charge on any atom is -0.334 e. The number of rotatable bonds is 5. The van der Waals surface area contributed by atoms with Gasteiger partial charge in [0.05, 0.1) is 0 Å². The van der Waals surface area contributed by atoms with Crippen molar-refractivity contribution in [1.29, 1.82) is 0 Å². The summed E-state index contributed by atoms with van der Waals surface area (Å²) in [5.74, 6) is -6.48. The van der Waals surface area contributed by atoms with Crippen molar-refractivity contribution in [2.45, 2.75) is 26.2 Å². The van der Waals surface area contributed by atoms with E-state index < -0.39 is 18.3 Å².